The van der Waals surface area contributed by atoms with E-state index in [-0.39, 0.29) is 43.0 Å². The van der Waals surface area contributed by atoms with Crippen molar-refractivity contribution in [2.45, 2.75) is 50.4 Å². The van der Waals surface area contributed by atoms with Gasteiger partial charge in [-0.2, -0.15) is 0 Å². The van der Waals surface area contributed by atoms with Crippen molar-refractivity contribution in [1.29, 1.82) is 0 Å². The van der Waals surface area contributed by atoms with Crippen LogP contribution in [0, 0.1) is 0 Å². The predicted octanol–water partition coefficient (Wildman–Crippen LogP) is 0.931. The zero-order valence-corrected chi connectivity index (χ0v) is 16.1. The number of nitrogens with two attached hydrogens (primary N) is 1. The molecule has 1 saturated carbocycles. The second kappa shape index (κ2) is 10.5. The molecular weight excluding hydrogens is 370 g/mol. The van der Waals surface area contributed by atoms with Crippen LogP contribution in [0.25, 0.3) is 0 Å². The van der Waals surface area contributed by atoms with E-state index in [4.69, 9.17) is 15.2 Å². The maximum absolute atomic E-state index is 12.0. The molecule has 0 aromatic heterocycles. The van der Waals surface area contributed by atoms with Crippen LogP contribution < -0.4 is 21.1 Å². The number of hydrogen-bond donors (Lipinski definition) is 3. The molecule has 1 aromatic carbocycles. The van der Waals surface area contributed by atoms with Gasteiger partial charge in [0.25, 0.3) is 5.91 Å². The highest BCUT2D eigenvalue weighted by molar-refractivity contribution is 5.85. The number of nitrogens with one attached hydrogen (secondary N) is 2. The molecule has 0 radical (unpaired) electrons. The Morgan fingerprint density at radius 1 is 1.15 bits per heavy atom. The largest absolute Gasteiger partial charge is 0.484 e. The van der Waals surface area contributed by atoms with Gasteiger partial charge < -0.3 is 25.8 Å². The molecule has 2 atom stereocenters. The molecule has 3 rings (SSSR count). The summed E-state index contributed by atoms with van der Waals surface area (Å²) in [6.07, 6.45) is 4.06. The van der Waals surface area contributed by atoms with Crippen LogP contribution in [0.2, 0.25) is 0 Å². The molecule has 1 aliphatic heterocycles. The van der Waals surface area contributed by atoms with Crippen LogP contribution in [0.1, 0.15) is 31.2 Å². The van der Waals surface area contributed by atoms with Gasteiger partial charge >= 0.3 is 0 Å². The van der Waals surface area contributed by atoms with Crippen LogP contribution in [0.4, 0.5) is 0 Å². The topological polar surface area (TPSA) is 103 Å². The van der Waals surface area contributed by atoms with Crippen LogP contribution in [0.15, 0.2) is 24.3 Å². The third kappa shape index (κ3) is 7.01. The van der Waals surface area contributed by atoms with Gasteiger partial charge in [-0.3, -0.25) is 9.59 Å². The lowest BCUT2D eigenvalue weighted by molar-refractivity contribution is -0.131. The van der Waals surface area contributed by atoms with Gasteiger partial charge in [0.15, 0.2) is 6.61 Å². The Hall–Kier alpha value is -1.83. The molecule has 2 amide bonds. The number of carbonyl (C=O) groups excluding carboxylic acids is 2. The molecule has 150 valence electrons. The van der Waals surface area contributed by atoms with Gasteiger partial charge in [0.05, 0.1) is 6.10 Å². The first-order valence-electron chi connectivity index (χ1n) is 9.28. The van der Waals surface area contributed by atoms with Gasteiger partial charge in [-0.05, 0) is 49.8 Å². The first-order valence-corrected chi connectivity index (χ1v) is 9.28. The quantitative estimate of drug-likeness (QED) is 0.575. The fourth-order valence-electron chi connectivity index (χ4n) is 2.91. The fraction of sp³-hybridized carbons (Fsp3) is 0.579. The Labute approximate surface area is 165 Å². The molecule has 4 N–H and O–H groups in total. The smallest absolute Gasteiger partial charge is 0.258 e. The highest BCUT2D eigenvalue weighted by atomic mass is 35.5. The van der Waals surface area contributed by atoms with Crippen LogP contribution in [-0.4, -0.2) is 49.8 Å². The fourth-order valence-corrected chi connectivity index (χ4v) is 2.91. The minimum absolute atomic E-state index is 0. The number of amides is 2. The second-order valence-corrected chi connectivity index (χ2v) is 6.88. The average molecular weight is 398 g/mol. The molecule has 1 aliphatic carbocycles. The van der Waals surface area contributed by atoms with Crippen molar-refractivity contribution < 1.29 is 19.1 Å². The van der Waals surface area contributed by atoms with Crippen molar-refractivity contribution in [1.82, 2.24) is 10.6 Å². The van der Waals surface area contributed by atoms with Gasteiger partial charge in [0, 0.05) is 19.1 Å². The molecule has 27 heavy (non-hydrogen) atoms. The minimum atomic E-state index is -0.374. The summed E-state index contributed by atoms with van der Waals surface area (Å²) in [5.74, 6) is 0.517. The van der Waals surface area contributed by atoms with Crippen LogP contribution in [0.3, 0.4) is 0 Å². The Kier molecular flexibility index (Phi) is 8.34. The van der Waals surface area contributed by atoms with Crippen molar-refractivity contribution >= 4 is 24.2 Å². The van der Waals surface area contributed by atoms with Gasteiger partial charge in [-0.15, -0.1) is 12.4 Å². The average Bonchev–Trinajstić information content (AvgIpc) is 3.33. The zero-order valence-electron chi connectivity index (χ0n) is 15.3. The predicted molar refractivity (Wildman–Crippen MR) is 104 cm³/mol. The maximum Gasteiger partial charge on any atom is 0.258 e. The lowest BCUT2D eigenvalue weighted by Crippen LogP contribution is -2.36. The standard InChI is InChI=1S/C19H27N3O4.ClH/c20-11-16-7-8-17(26-16)19(24)21-10-9-13-1-5-15(6-2-13)25-12-18(23)22-14-3-4-14;/h1-2,5-6,14,16-17H,3-4,7-12,20H2,(H,21,24)(H,22,23);1H/t16-,17+;/m1./s1. The number of rotatable bonds is 9. The van der Waals surface area contributed by atoms with Crippen molar-refractivity contribution in [3.05, 3.63) is 29.8 Å². The summed E-state index contributed by atoms with van der Waals surface area (Å²) in [6, 6.07) is 7.91. The van der Waals surface area contributed by atoms with Crippen LogP contribution >= 0.6 is 12.4 Å². The summed E-state index contributed by atoms with van der Waals surface area (Å²) < 4.78 is 11.1. The van der Waals surface area contributed by atoms with Gasteiger partial charge in [-0.25, -0.2) is 0 Å². The summed E-state index contributed by atoms with van der Waals surface area (Å²) in [4.78, 5) is 23.6. The normalized spacial score (nSPS) is 21.2. The van der Waals surface area contributed by atoms with Gasteiger partial charge in [0.2, 0.25) is 5.91 Å². The van der Waals surface area contributed by atoms with Gasteiger partial charge in [0.1, 0.15) is 11.9 Å². The molecule has 0 unspecified atom stereocenters. The van der Waals surface area contributed by atoms with Crippen molar-refractivity contribution in [3.63, 3.8) is 0 Å². The van der Waals surface area contributed by atoms with E-state index in [0.717, 1.165) is 37.7 Å². The van der Waals surface area contributed by atoms with E-state index in [1.54, 1.807) is 0 Å². The van der Waals surface area contributed by atoms with E-state index in [2.05, 4.69) is 10.6 Å². The first kappa shape index (κ1) is 21.5. The Balaban J connectivity index is 0.00000261. The molecule has 1 heterocycles. The molecule has 8 heteroatoms. The number of halogens is 1. The zero-order chi connectivity index (χ0) is 18.4. The third-order valence-electron chi connectivity index (χ3n) is 4.61. The van der Waals surface area contributed by atoms with E-state index in [1.807, 2.05) is 24.3 Å². The third-order valence-corrected chi connectivity index (χ3v) is 4.61. The molecular formula is C19H28ClN3O4. The Morgan fingerprint density at radius 3 is 2.52 bits per heavy atom. The molecule has 7 nitrogen and oxygen atoms in total. The number of benzene rings is 1. The highest BCUT2D eigenvalue weighted by Crippen LogP contribution is 2.19. The number of ether oxygens (including phenoxy) is 2. The first-order chi connectivity index (χ1) is 12.6. The molecule has 1 aromatic rings. The summed E-state index contributed by atoms with van der Waals surface area (Å²) in [5, 5.41) is 5.79. The summed E-state index contributed by atoms with van der Waals surface area (Å²) in [6.45, 7) is 1.05. The van der Waals surface area contributed by atoms with Crippen LogP contribution in [0.5, 0.6) is 5.75 Å². The summed E-state index contributed by atoms with van der Waals surface area (Å²) in [7, 11) is 0. The monoisotopic (exact) mass is 397 g/mol. The Bertz CT molecular complexity index is 622. The van der Waals surface area contributed by atoms with E-state index in [0.29, 0.717) is 24.9 Å². The lowest BCUT2D eigenvalue weighted by atomic mass is 10.1. The second-order valence-electron chi connectivity index (χ2n) is 6.88. The molecule has 1 saturated heterocycles. The van der Waals surface area contributed by atoms with Gasteiger partial charge in [-0.1, -0.05) is 12.1 Å². The van der Waals surface area contributed by atoms with Crippen LogP contribution in [-0.2, 0) is 20.7 Å². The summed E-state index contributed by atoms with van der Waals surface area (Å²) >= 11 is 0. The highest BCUT2D eigenvalue weighted by Gasteiger charge is 2.29. The van der Waals surface area contributed by atoms with Crippen molar-refractivity contribution in [2.24, 2.45) is 5.73 Å². The molecule has 0 spiro atoms. The maximum atomic E-state index is 12.0. The van der Waals surface area contributed by atoms with E-state index in [1.165, 1.54) is 0 Å². The summed E-state index contributed by atoms with van der Waals surface area (Å²) in [5.41, 5.74) is 6.65. The lowest BCUT2D eigenvalue weighted by Gasteiger charge is -2.13. The molecule has 2 fully saturated rings. The SMILES string of the molecule is Cl.NC[C@H]1CC[C@@H](C(=O)NCCc2ccc(OCC(=O)NC3CC3)cc2)O1. The molecule has 0 bridgehead atoms. The molecule has 2 aliphatic rings. The Morgan fingerprint density at radius 2 is 1.89 bits per heavy atom. The van der Waals surface area contributed by atoms with E-state index >= 15 is 0 Å². The van der Waals surface area contributed by atoms with E-state index < -0.39 is 0 Å². The van der Waals surface area contributed by atoms with E-state index in [9.17, 15) is 9.59 Å². The van der Waals surface area contributed by atoms with Crippen molar-refractivity contribution in [3.8, 4) is 5.75 Å². The van der Waals surface area contributed by atoms with Crippen molar-refractivity contribution in [2.75, 3.05) is 19.7 Å². The minimum Gasteiger partial charge on any atom is -0.484 e. The number of hydrogen-bond acceptors (Lipinski definition) is 5. The number of carbonyl (C=O) groups is 2.